The number of aromatic nitrogens is 1. The second kappa shape index (κ2) is 11.1. The number of hydrogen-bond acceptors (Lipinski definition) is 4. The van der Waals surface area contributed by atoms with Gasteiger partial charge in [-0.1, -0.05) is 56.9 Å². The number of hydrogen-bond donors (Lipinski definition) is 2. The molecule has 1 aliphatic heterocycles. The third kappa shape index (κ3) is 5.20. The van der Waals surface area contributed by atoms with Gasteiger partial charge in [-0.25, -0.2) is 0 Å². The zero-order valence-corrected chi connectivity index (χ0v) is 20.9. The van der Waals surface area contributed by atoms with Gasteiger partial charge >= 0.3 is 0 Å². The van der Waals surface area contributed by atoms with Crippen LogP contribution < -0.4 is 14.8 Å². The Balaban J connectivity index is 1.47. The highest BCUT2D eigenvalue weighted by Crippen LogP contribution is 2.36. The van der Waals surface area contributed by atoms with Crippen molar-refractivity contribution >= 4 is 22.7 Å². The highest BCUT2D eigenvalue weighted by Gasteiger charge is 2.34. The number of aromatic amines is 1. The number of ether oxygens (including phenoxy) is 2. The van der Waals surface area contributed by atoms with E-state index in [2.05, 4.69) is 17.2 Å². The van der Waals surface area contributed by atoms with Crippen molar-refractivity contribution in [1.29, 1.82) is 0 Å². The second-order valence-electron chi connectivity index (χ2n) is 9.84. The summed E-state index contributed by atoms with van der Waals surface area (Å²) in [7, 11) is 0. The molecule has 1 saturated carbocycles. The van der Waals surface area contributed by atoms with Gasteiger partial charge < -0.3 is 24.7 Å². The molecule has 7 heteroatoms. The lowest BCUT2D eigenvalue weighted by molar-refractivity contribution is -0.141. The summed E-state index contributed by atoms with van der Waals surface area (Å²) in [6.45, 7) is 2.77. The Bertz CT molecular complexity index is 1210. The molecular weight excluding hydrogens is 454 g/mol. The van der Waals surface area contributed by atoms with Crippen LogP contribution in [0.5, 0.6) is 11.5 Å². The van der Waals surface area contributed by atoms with Crippen LogP contribution >= 0.6 is 0 Å². The second-order valence-corrected chi connectivity index (χ2v) is 9.84. The van der Waals surface area contributed by atoms with Crippen molar-refractivity contribution in [1.82, 2.24) is 15.2 Å². The zero-order chi connectivity index (χ0) is 24.9. The average Bonchev–Trinajstić information content (AvgIpc) is 3.53. The van der Waals surface area contributed by atoms with Gasteiger partial charge in [-0.15, -0.1) is 0 Å². The lowest BCUT2D eigenvalue weighted by Crippen LogP contribution is -2.47. The number of nitrogens with one attached hydrogen (secondary N) is 2. The molecule has 1 atom stereocenters. The first-order chi connectivity index (χ1) is 17.6. The topological polar surface area (TPSA) is 83.7 Å². The monoisotopic (exact) mass is 489 g/mol. The summed E-state index contributed by atoms with van der Waals surface area (Å²) < 4.78 is 11.1. The van der Waals surface area contributed by atoms with Crippen LogP contribution in [0.15, 0.2) is 48.7 Å². The Labute approximate surface area is 212 Å². The maximum absolute atomic E-state index is 13.9. The van der Waals surface area contributed by atoms with Gasteiger partial charge in [0.05, 0.1) is 6.42 Å². The first-order valence-corrected chi connectivity index (χ1v) is 13.2. The summed E-state index contributed by atoms with van der Waals surface area (Å²) in [5.41, 5.74) is 2.69. The molecule has 1 aromatic heterocycles. The molecule has 5 rings (SSSR count). The minimum Gasteiger partial charge on any atom is -0.454 e. The summed E-state index contributed by atoms with van der Waals surface area (Å²) in [4.78, 5) is 32.8. The molecule has 3 aromatic rings. The van der Waals surface area contributed by atoms with Crippen molar-refractivity contribution in [2.45, 2.75) is 70.4 Å². The number of amides is 2. The Kier molecular flexibility index (Phi) is 7.44. The third-order valence-electron chi connectivity index (χ3n) is 7.31. The van der Waals surface area contributed by atoms with Crippen LogP contribution in [-0.4, -0.2) is 41.1 Å². The highest BCUT2D eigenvalue weighted by molar-refractivity contribution is 5.92. The SMILES string of the molecule is CCCCN(C(=O)Cc1c[nH]c2ccccc12)C(C(=O)NC1CCCCC1)c1ccc2c(c1)OCO2. The molecule has 0 bridgehead atoms. The van der Waals surface area contributed by atoms with Crippen molar-refractivity contribution in [3.05, 3.63) is 59.8 Å². The Morgan fingerprint density at radius 2 is 1.89 bits per heavy atom. The maximum atomic E-state index is 13.9. The standard InChI is InChI=1S/C29H35N3O4/c1-2-3-15-32(27(33)17-21-18-30-24-12-8-7-11-23(21)24)28(29(34)31-22-9-5-4-6-10-22)20-13-14-25-26(16-20)36-19-35-25/h7-8,11-14,16,18,22,28,30H,2-6,9-10,15,17,19H2,1H3,(H,31,34). The van der Waals surface area contributed by atoms with E-state index in [1.807, 2.05) is 48.7 Å². The molecule has 0 saturated heterocycles. The third-order valence-corrected chi connectivity index (χ3v) is 7.31. The van der Waals surface area contributed by atoms with Crippen LogP contribution in [0.3, 0.4) is 0 Å². The van der Waals surface area contributed by atoms with Gasteiger partial charge in [-0.2, -0.15) is 0 Å². The summed E-state index contributed by atoms with van der Waals surface area (Å²) in [5.74, 6) is 1.09. The fraction of sp³-hybridized carbons (Fsp3) is 0.448. The van der Waals surface area contributed by atoms with E-state index in [4.69, 9.17) is 9.47 Å². The molecule has 36 heavy (non-hydrogen) atoms. The predicted molar refractivity (Wildman–Crippen MR) is 139 cm³/mol. The van der Waals surface area contributed by atoms with Crippen molar-refractivity contribution in [2.24, 2.45) is 0 Å². The summed E-state index contributed by atoms with van der Waals surface area (Å²) in [5, 5.41) is 4.31. The van der Waals surface area contributed by atoms with E-state index in [9.17, 15) is 9.59 Å². The molecule has 2 aliphatic rings. The van der Waals surface area contributed by atoms with E-state index in [0.29, 0.717) is 18.0 Å². The molecule has 2 heterocycles. The number of H-pyrrole nitrogens is 1. The molecule has 190 valence electrons. The number of carbonyl (C=O) groups is 2. The zero-order valence-electron chi connectivity index (χ0n) is 20.9. The number of para-hydroxylation sites is 1. The summed E-state index contributed by atoms with van der Waals surface area (Å²) in [6.07, 6.45) is 9.30. The van der Waals surface area contributed by atoms with Crippen LogP contribution in [-0.2, 0) is 16.0 Å². The van der Waals surface area contributed by atoms with Gasteiger partial charge in [-0.05, 0) is 48.6 Å². The maximum Gasteiger partial charge on any atom is 0.247 e. The van der Waals surface area contributed by atoms with Crippen molar-refractivity contribution in [3.63, 3.8) is 0 Å². The van der Waals surface area contributed by atoms with Crippen molar-refractivity contribution < 1.29 is 19.1 Å². The molecule has 2 N–H and O–H groups in total. The lowest BCUT2D eigenvalue weighted by Gasteiger charge is -2.33. The van der Waals surface area contributed by atoms with Gasteiger partial charge in [-0.3, -0.25) is 9.59 Å². The number of fused-ring (bicyclic) bond motifs is 2. The largest absolute Gasteiger partial charge is 0.454 e. The minimum atomic E-state index is -0.731. The van der Waals surface area contributed by atoms with Gasteiger partial charge in [0.25, 0.3) is 0 Å². The quantitative estimate of drug-likeness (QED) is 0.430. The Morgan fingerprint density at radius 1 is 1.08 bits per heavy atom. The molecule has 0 spiro atoms. The van der Waals surface area contributed by atoms with Crippen LogP contribution in [0.4, 0.5) is 0 Å². The van der Waals surface area contributed by atoms with Crippen LogP contribution in [0, 0.1) is 0 Å². The summed E-state index contributed by atoms with van der Waals surface area (Å²) >= 11 is 0. The van der Waals surface area contributed by atoms with E-state index >= 15 is 0 Å². The van der Waals surface area contributed by atoms with Gasteiger partial charge in [0.2, 0.25) is 18.6 Å². The molecule has 0 radical (unpaired) electrons. The van der Waals surface area contributed by atoms with Crippen molar-refractivity contribution in [3.8, 4) is 11.5 Å². The number of rotatable bonds is 9. The van der Waals surface area contributed by atoms with Crippen LogP contribution in [0.2, 0.25) is 0 Å². The smallest absolute Gasteiger partial charge is 0.247 e. The number of unbranched alkanes of at least 4 members (excludes halogenated alkanes) is 1. The van der Waals surface area contributed by atoms with Gasteiger partial charge in [0.15, 0.2) is 11.5 Å². The lowest BCUT2D eigenvalue weighted by atomic mass is 9.94. The Morgan fingerprint density at radius 3 is 2.72 bits per heavy atom. The molecule has 7 nitrogen and oxygen atoms in total. The van der Waals surface area contributed by atoms with E-state index in [0.717, 1.165) is 60.6 Å². The van der Waals surface area contributed by atoms with Crippen molar-refractivity contribution in [2.75, 3.05) is 13.3 Å². The van der Waals surface area contributed by atoms with Gasteiger partial charge in [0.1, 0.15) is 6.04 Å². The highest BCUT2D eigenvalue weighted by atomic mass is 16.7. The van der Waals surface area contributed by atoms with Crippen LogP contribution in [0.1, 0.15) is 69.0 Å². The first kappa shape index (κ1) is 24.2. The Hall–Kier alpha value is -3.48. The van der Waals surface area contributed by atoms with E-state index in [1.54, 1.807) is 4.90 Å². The predicted octanol–water partition coefficient (Wildman–Crippen LogP) is 5.26. The van der Waals surface area contributed by atoms with E-state index < -0.39 is 6.04 Å². The molecule has 1 aliphatic carbocycles. The molecule has 1 unspecified atom stereocenters. The number of nitrogens with zero attached hydrogens (tertiary/aromatic N) is 1. The van der Waals surface area contributed by atoms with Crippen LogP contribution in [0.25, 0.3) is 10.9 Å². The molecule has 2 aromatic carbocycles. The number of benzene rings is 2. The minimum absolute atomic E-state index is 0.0605. The number of carbonyl (C=O) groups excluding carboxylic acids is 2. The average molecular weight is 490 g/mol. The molecule has 1 fully saturated rings. The first-order valence-electron chi connectivity index (χ1n) is 13.2. The fourth-order valence-corrected chi connectivity index (χ4v) is 5.35. The normalized spacial score (nSPS) is 16.1. The fourth-order valence-electron chi connectivity index (χ4n) is 5.35. The summed E-state index contributed by atoms with van der Waals surface area (Å²) in [6, 6.07) is 13.0. The van der Waals surface area contributed by atoms with Gasteiger partial charge in [0, 0.05) is 29.7 Å². The molecule has 2 amide bonds. The van der Waals surface area contributed by atoms with E-state index in [1.165, 1.54) is 6.42 Å². The van der Waals surface area contributed by atoms with E-state index in [-0.39, 0.29) is 31.1 Å². The molecular formula is C29H35N3O4.